The van der Waals surface area contributed by atoms with Gasteiger partial charge in [-0.05, 0) is 104 Å². The van der Waals surface area contributed by atoms with Gasteiger partial charge in [-0.2, -0.15) is 0 Å². The SMILES string of the molecule is C=CC(=C\C=C/C)/C(CCCO)=C(\C(=C)/C=C\C(=C/C)OCCN1CCC2(CCNC2)C1)c1ccc(CO)cc1. The fourth-order valence-electron chi connectivity index (χ4n) is 5.64. The number of nitrogens with one attached hydrogen (secondary N) is 1. The van der Waals surface area contributed by atoms with E-state index in [1.807, 2.05) is 80.6 Å². The lowest BCUT2D eigenvalue weighted by atomic mass is 9.86. The van der Waals surface area contributed by atoms with Crippen molar-refractivity contribution in [3.8, 4) is 0 Å². The molecular formula is C35H48N2O3. The first-order valence-electron chi connectivity index (χ1n) is 14.6. The van der Waals surface area contributed by atoms with E-state index in [2.05, 4.69) is 23.4 Å². The number of likely N-dealkylation sites (tertiary alicyclic amines) is 1. The maximum Gasteiger partial charge on any atom is 0.115 e. The average molecular weight is 545 g/mol. The first kappa shape index (κ1) is 31.6. The minimum Gasteiger partial charge on any atom is -0.493 e. The molecule has 2 fully saturated rings. The summed E-state index contributed by atoms with van der Waals surface area (Å²) in [7, 11) is 0. The smallest absolute Gasteiger partial charge is 0.115 e. The Bertz CT molecular complexity index is 1130. The Balaban J connectivity index is 1.81. The highest BCUT2D eigenvalue weighted by molar-refractivity contribution is 5.86. The molecule has 0 aliphatic carbocycles. The molecular weight excluding hydrogens is 496 g/mol. The normalized spacial score (nSPS) is 21.1. The van der Waals surface area contributed by atoms with Gasteiger partial charge in [0.15, 0.2) is 0 Å². The van der Waals surface area contributed by atoms with E-state index in [0.717, 1.165) is 71.9 Å². The number of hydrogen-bond donors (Lipinski definition) is 3. The van der Waals surface area contributed by atoms with E-state index < -0.39 is 0 Å². The lowest BCUT2D eigenvalue weighted by Gasteiger charge is -2.22. The monoisotopic (exact) mass is 544 g/mol. The molecule has 1 spiro atoms. The van der Waals surface area contributed by atoms with E-state index in [9.17, 15) is 10.2 Å². The van der Waals surface area contributed by atoms with Crippen molar-refractivity contribution in [1.82, 2.24) is 10.2 Å². The van der Waals surface area contributed by atoms with E-state index in [-0.39, 0.29) is 13.2 Å². The second-order valence-corrected chi connectivity index (χ2v) is 10.7. The van der Waals surface area contributed by atoms with Gasteiger partial charge in [0.2, 0.25) is 0 Å². The molecule has 1 unspecified atom stereocenters. The number of nitrogens with zero attached hydrogens (tertiary/aromatic N) is 1. The van der Waals surface area contributed by atoms with Crippen LogP contribution in [0, 0.1) is 5.41 Å². The lowest BCUT2D eigenvalue weighted by molar-refractivity contribution is 0.170. The summed E-state index contributed by atoms with van der Waals surface area (Å²) in [6, 6.07) is 7.91. The first-order valence-corrected chi connectivity index (χ1v) is 14.6. The van der Waals surface area contributed by atoms with E-state index in [0.29, 0.717) is 24.9 Å². The molecule has 40 heavy (non-hydrogen) atoms. The van der Waals surface area contributed by atoms with Crippen LogP contribution in [0.5, 0.6) is 0 Å². The molecule has 216 valence electrons. The molecule has 1 aromatic rings. The molecule has 2 saturated heterocycles. The van der Waals surface area contributed by atoms with Crippen molar-refractivity contribution >= 4 is 5.57 Å². The number of ether oxygens (including phenoxy) is 1. The summed E-state index contributed by atoms with van der Waals surface area (Å²) in [5, 5.41) is 22.8. The summed E-state index contributed by atoms with van der Waals surface area (Å²) in [6.45, 7) is 18.8. The molecule has 3 N–H and O–H groups in total. The molecule has 5 heteroatoms. The molecule has 0 aromatic heterocycles. The average Bonchev–Trinajstić information content (AvgIpc) is 3.62. The van der Waals surface area contributed by atoms with Crippen LogP contribution in [0.15, 0.2) is 102 Å². The molecule has 2 heterocycles. The maximum absolute atomic E-state index is 9.66. The zero-order valence-electron chi connectivity index (χ0n) is 24.5. The Morgan fingerprint density at radius 2 is 1.95 bits per heavy atom. The Morgan fingerprint density at radius 1 is 1.15 bits per heavy atom. The van der Waals surface area contributed by atoms with Crippen LogP contribution in [0.2, 0.25) is 0 Å². The Kier molecular flexibility index (Phi) is 12.9. The second-order valence-electron chi connectivity index (χ2n) is 10.7. The zero-order chi connectivity index (χ0) is 28.8. The molecule has 5 nitrogen and oxygen atoms in total. The van der Waals surface area contributed by atoms with Gasteiger partial charge in [-0.15, -0.1) is 0 Å². The third kappa shape index (κ3) is 8.77. The van der Waals surface area contributed by atoms with Crippen molar-refractivity contribution < 1.29 is 14.9 Å². The van der Waals surface area contributed by atoms with Crippen LogP contribution < -0.4 is 5.32 Å². The van der Waals surface area contributed by atoms with Gasteiger partial charge in [0.25, 0.3) is 0 Å². The van der Waals surface area contributed by atoms with Crippen molar-refractivity contribution in [2.45, 2.75) is 46.1 Å². The van der Waals surface area contributed by atoms with Crippen LogP contribution in [0.3, 0.4) is 0 Å². The molecule has 0 saturated carbocycles. The van der Waals surface area contributed by atoms with Gasteiger partial charge in [0.05, 0.1) is 6.61 Å². The van der Waals surface area contributed by atoms with Crippen molar-refractivity contribution in [3.63, 3.8) is 0 Å². The topological polar surface area (TPSA) is 65.0 Å². The molecule has 0 amide bonds. The van der Waals surface area contributed by atoms with Crippen molar-refractivity contribution in [1.29, 1.82) is 0 Å². The number of allylic oxidation sites excluding steroid dienone is 11. The molecule has 1 atom stereocenters. The summed E-state index contributed by atoms with van der Waals surface area (Å²) in [4.78, 5) is 2.53. The summed E-state index contributed by atoms with van der Waals surface area (Å²) in [5.41, 5.74) is 6.22. The summed E-state index contributed by atoms with van der Waals surface area (Å²) < 4.78 is 6.18. The van der Waals surface area contributed by atoms with Gasteiger partial charge in [0, 0.05) is 26.2 Å². The molecule has 0 radical (unpaired) electrons. The van der Waals surface area contributed by atoms with Crippen LogP contribution in [0.1, 0.15) is 50.7 Å². The third-order valence-electron chi connectivity index (χ3n) is 7.93. The number of benzene rings is 1. The lowest BCUT2D eigenvalue weighted by Crippen LogP contribution is -2.31. The van der Waals surface area contributed by atoms with Gasteiger partial charge in [-0.1, -0.05) is 67.8 Å². The number of rotatable bonds is 15. The predicted octanol–water partition coefficient (Wildman–Crippen LogP) is 6.11. The summed E-state index contributed by atoms with van der Waals surface area (Å²) >= 11 is 0. The van der Waals surface area contributed by atoms with Crippen LogP contribution in [0.4, 0.5) is 0 Å². The fraction of sp³-hybridized carbons (Fsp3) is 0.429. The van der Waals surface area contributed by atoms with Gasteiger partial charge in [0.1, 0.15) is 12.4 Å². The van der Waals surface area contributed by atoms with E-state index in [4.69, 9.17) is 4.74 Å². The fourth-order valence-corrected chi connectivity index (χ4v) is 5.64. The van der Waals surface area contributed by atoms with Gasteiger partial charge < -0.3 is 20.3 Å². The molecule has 2 aliphatic heterocycles. The van der Waals surface area contributed by atoms with Crippen molar-refractivity contribution in [2.24, 2.45) is 5.41 Å². The van der Waals surface area contributed by atoms with E-state index in [1.54, 1.807) is 0 Å². The quantitative estimate of drug-likeness (QED) is 0.184. The largest absolute Gasteiger partial charge is 0.493 e. The van der Waals surface area contributed by atoms with Gasteiger partial charge >= 0.3 is 0 Å². The van der Waals surface area contributed by atoms with Gasteiger partial charge in [-0.25, -0.2) is 0 Å². The van der Waals surface area contributed by atoms with Crippen LogP contribution in [0.25, 0.3) is 5.57 Å². The first-order chi connectivity index (χ1) is 19.5. The molecule has 2 aliphatic rings. The van der Waals surface area contributed by atoms with E-state index in [1.165, 1.54) is 12.8 Å². The Hall–Kier alpha value is -2.96. The molecule has 1 aromatic carbocycles. The van der Waals surface area contributed by atoms with Crippen LogP contribution >= 0.6 is 0 Å². The maximum atomic E-state index is 9.66. The molecule has 3 rings (SSSR count). The predicted molar refractivity (Wildman–Crippen MR) is 168 cm³/mol. The third-order valence-corrected chi connectivity index (χ3v) is 7.93. The summed E-state index contributed by atoms with van der Waals surface area (Å²) in [5.74, 6) is 0.817. The highest BCUT2D eigenvalue weighted by atomic mass is 16.5. The summed E-state index contributed by atoms with van der Waals surface area (Å²) in [6.07, 6.45) is 17.7. The van der Waals surface area contributed by atoms with Gasteiger partial charge in [-0.3, -0.25) is 4.90 Å². The van der Waals surface area contributed by atoms with Crippen molar-refractivity contribution in [2.75, 3.05) is 45.9 Å². The Morgan fingerprint density at radius 3 is 2.58 bits per heavy atom. The highest BCUT2D eigenvalue weighted by Crippen LogP contribution is 2.36. The standard InChI is InChI=1S/C35H48N2O3/c1-5-8-10-30(6-2)33(11-9-23-38)34(31-15-13-29(25-39)14-16-31)28(4)12-17-32(7-3)40-24-22-37-21-19-35(27-37)18-20-36-26-35/h5-8,10,12-17,36,38-39H,2,4,9,11,18-27H2,1,3H3/b8-5-,17-12-,30-10+,32-7+,34-33+. The highest BCUT2D eigenvalue weighted by Gasteiger charge is 2.39. The second kappa shape index (κ2) is 16.3. The Labute approximate surface area is 241 Å². The minimum absolute atomic E-state index is 0.00600. The van der Waals surface area contributed by atoms with Crippen LogP contribution in [-0.4, -0.2) is 61.1 Å². The van der Waals surface area contributed by atoms with Crippen LogP contribution in [-0.2, 0) is 11.3 Å². The number of hydrogen-bond acceptors (Lipinski definition) is 5. The minimum atomic E-state index is -0.00600. The van der Waals surface area contributed by atoms with Crippen molar-refractivity contribution in [3.05, 3.63) is 114 Å². The number of aliphatic hydroxyl groups excluding tert-OH is 2. The number of aliphatic hydroxyl groups is 2. The van der Waals surface area contributed by atoms with E-state index >= 15 is 0 Å². The molecule has 0 bridgehead atoms. The zero-order valence-corrected chi connectivity index (χ0v) is 24.5.